The fraction of sp³-hybridized carbons (Fsp3) is 0.600. The van der Waals surface area contributed by atoms with Crippen molar-refractivity contribution in [3.05, 3.63) is 17.7 Å². The van der Waals surface area contributed by atoms with E-state index < -0.39 is 0 Å². The third-order valence-electron chi connectivity index (χ3n) is 3.06. The summed E-state index contributed by atoms with van der Waals surface area (Å²) in [6.07, 6.45) is -0.226. The largest absolute Gasteiger partial charge is 0.493 e. The second-order valence-electron chi connectivity index (χ2n) is 4.50. The molecule has 1 heterocycles. The maximum Gasteiger partial charge on any atom is 0.231 e. The van der Waals surface area contributed by atoms with Crippen molar-refractivity contribution in [1.82, 2.24) is 5.32 Å². The van der Waals surface area contributed by atoms with Gasteiger partial charge in [0, 0.05) is 26.3 Å². The molecule has 0 aromatic heterocycles. The molecule has 0 spiro atoms. The highest BCUT2D eigenvalue weighted by molar-refractivity contribution is 5.55. The number of hydrogen-bond donors (Lipinski definition) is 1. The smallest absolute Gasteiger partial charge is 0.231 e. The van der Waals surface area contributed by atoms with Gasteiger partial charge in [0.1, 0.15) is 0 Å². The molecule has 0 fully saturated rings. The van der Waals surface area contributed by atoms with Crippen LogP contribution in [0.25, 0.3) is 0 Å². The average Bonchev–Trinajstić information content (AvgIpc) is 2.95. The van der Waals surface area contributed by atoms with E-state index in [4.69, 9.17) is 23.7 Å². The van der Waals surface area contributed by atoms with E-state index in [-0.39, 0.29) is 13.1 Å². The summed E-state index contributed by atoms with van der Waals surface area (Å²) >= 11 is 0. The van der Waals surface area contributed by atoms with E-state index in [0.717, 1.165) is 11.3 Å². The minimum Gasteiger partial charge on any atom is -0.493 e. The van der Waals surface area contributed by atoms with Crippen molar-refractivity contribution in [3.8, 4) is 17.2 Å². The van der Waals surface area contributed by atoms with Gasteiger partial charge in [-0.05, 0) is 31.5 Å². The first-order chi connectivity index (χ1) is 10.3. The Balaban J connectivity index is 1.91. The van der Waals surface area contributed by atoms with Crippen molar-refractivity contribution in [2.24, 2.45) is 0 Å². The number of methoxy groups -OCH3 is 1. The lowest BCUT2D eigenvalue weighted by molar-refractivity contribution is -0.133. The van der Waals surface area contributed by atoms with Crippen molar-refractivity contribution < 1.29 is 23.7 Å². The van der Waals surface area contributed by atoms with Crippen molar-refractivity contribution in [1.29, 1.82) is 0 Å². The van der Waals surface area contributed by atoms with E-state index in [9.17, 15) is 0 Å². The first-order valence-corrected chi connectivity index (χ1v) is 7.18. The van der Waals surface area contributed by atoms with Gasteiger partial charge >= 0.3 is 0 Å². The zero-order valence-corrected chi connectivity index (χ0v) is 12.8. The molecule has 1 aliphatic rings. The highest BCUT2D eigenvalue weighted by Crippen LogP contribution is 2.41. The molecule has 0 atom stereocenters. The van der Waals surface area contributed by atoms with Gasteiger partial charge in [-0.25, -0.2) is 0 Å². The molecule has 6 nitrogen and oxygen atoms in total. The molecule has 1 aromatic rings. The Labute approximate surface area is 125 Å². The van der Waals surface area contributed by atoms with Crippen LogP contribution in [0, 0.1) is 0 Å². The number of ether oxygens (including phenoxy) is 5. The van der Waals surface area contributed by atoms with Gasteiger partial charge in [-0.3, -0.25) is 0 Å². The molecule has 0 saturated heterocycles. The molecule has 118 valence electrons. The number of hydrogen-bond acceptors (Lipinski definition) is 6. The molecular weight excluding hydrogens is 274 g/mol. The normalized spacial score (nSPS) is 13.0. The molecule has 0 bridgehead atoms. The lowest BCUT2D eigenvalue weighted by Gasteiger charge is -2.17. The molecule has 2 rings (SSSR count). The lowest BCUT2D eigenvalue weighted by atomic mass is 10.2. The number of rotatable bonds is 9. The van der Waals surface area contributed by atoms with E-state index in [1.165, 1.54) is 0 Å². The minimum absolute atomic E-state index is 0.226. The summed E-state index contributed by atoms with van der Waals surface area (Å²) in [5.41, 5.74) is 1.06. The van der Waals surface area contributed by atoms with Gasteiger partial charge in [0.2, 0.25) is 12.5 Å². The van der Waals surface area contributed by atoms with Crippen molar-refractivity contribution in [2.75, 3.05) is 33.7 Å². The van der Waals surface area contributed by atoms with Gasteiger partial charge in [0.25, 0.3) is 0 Å². The molecule has 21 heavy (non-hydrogen) atoms. The molecule has 0 amide bonds. The fourth-order valence-corrected chi connectivity index (χ4v) is 2.16. The quantitative estimate of drug-likeness (QED) is 0.703. The Hall–Kier alpha value is -1.50. The van der Waals surface area contributed by atoms with Gasteiger partial charge in [0.15, 0.2) is 17.8 Å². The molecular formula is C15H23NO5. The third-order valence-corrected chi connectivity index (χ3v) is 3.06. The second-order valence-corrected chi connectivity index (χ2v) is 4.50. The topological polar surface area (TPSA) is 58.2 Å². The van der Waals surface area contributed by atoms with E-state index >= 15 is 0 Å². The summed E-state index contributed by atoms with van der Waals surface area (Å²) in [5, 5.41) is 3.31. The summed E-state index contributed by atoms with van der Waals surface area (Å²) in [5.74, 6) is 2.08. The summed E-state index contributed by atoms with van der Waals surface area (Å²) in [6.45, 7) is 6.69. The van der Waals surface area contributed by atoms with Crippen LogP contribution in [-0.4, -0.2) is 40.0 Å². The summed E-state index contributed by atoms with van der Waals surface area (Å²) < 4.78 is 27.1. The molecule has 0 saturated carbocycles. The highest BCUT2D eigenvalue weighted by Gasteiger charge is 2.20. The maximum absolute atomic E-state index is 5.49. The van der Waals surface area contributed by atoms with Crippen LogP contribution in [0.2, 0.25) is 0 Å². The first-order valence-electron chi connectivity index (χ1n) is 7.18. The predicted octanol–water partition coefficient (Wildman–Crippen LogP) is 1.91. The van der Waals surface area contributed by atoms with E-state index in [1.54, 1.807) is 7.11 Å². The van der Waals surface area contributed by atoms with Crippen LogP contribution in [0.1, 0.15) is 19.4 Å². The van der Waals surface area contributed by atoms with E-state index in [0.29, 0.717) is 37.8 Å². The lowest BCUT2D eigenvalue weighted by Crippen LogP contribution is -2.31. The van der Waals surface area contributed by atoms with Crippen LogP contribution in [0.3, 0.4) is 0 Å². The Morgan fingerprint density at radius 3 is 2.62 bits per heavy atom. The van der Waals surface area contributed by atoms with Gasteiger partial charge in [-0.1, -0.05) is 0 Å². The monoisotopic (exact) mass is 297 g/mol. The van der Waals surface area contributed by atoms with Gasteiger partial charge < -0.3 is 29.0 Å². The number of fused-ring (bicyclic) bond motifs is 1. The average molecular weight is 297 g/mol. The minimum atomic E-state index is -0.226. The Bertz CT molecular complexity index is 446. The van der Waals surface area contributed by atoms with E-state index in [2.05, 4.69) is 5.32 Å². The van der Waals surface area contributed by atoms with Gasteiger partial charge in [-0.2, -0.15) is 0 Å². The first kappa shape index (κ1) is 15.9. The standard InChI is InChI=1S/C15H23NO5/c1-4-18-14(19-5-2)9-16-8-11-6-12(17-3)15-13(7-11)20-10-21-15/h6-7,14,16H,4-5,8-10H2,1-3H3. The van der Waals surface area contributed by atoms with Crippen molar-refractivity contribution in [2.45, 2.75) is 26.7 Å². The Kier molecular flexibility index (Phi) is 6.10. The van der Waals surface area contributed by atoms with Crippen LogP contribution < -0.4 is 19.5 Å². The summed E-state index contributed by atoms with van der Waals surface area (Å²) in [4.78, 5) is 0. The van der Waals surface area contributed by atoms with Crippen molar-refractivity contribution in [3.63, 3.8) is 0 Å². The van der Waals surface area contributed by atoms with Gasteiger partial charge in [-0.15, -0.1) is 0 Å². The molecule has 1 aliphatic heterocycles. The fourth-order valence-electron chi connectivity index (χ4n) is 2.16. The van der Waals surface area contributed by atoms with Gasteiger partial charge in [0.05, 0.1) is 7.11 Å². The van der Waals surface area contributed by atoms with Crippen molar-refractivity contribution >= 4 is 0 Å². The number of nitrogens with one attached hydrogen (secondary N) is 1. The molecule has 0 unspecified atom stereocenters. The SMILES string of the molecule is CCOC(CNCc1cc(OC)c2c(c1)OCO2)OCC. The van der Waals surface area contributed by atoms with Crippen LogP contribution in [0.15, 0.2) is 12.1 Å². The highest BCUT2D eigenvalue weighted by atomic mass is 16.7. The Morgan fingerprint density at radius 2 is 1.95 bits per heavy atom. The van der Waals surface area contributed by atoms with E-state index in [1.807, 2.05) is 26.0 Å². The second kappa shape index (κ2) is 8.07. The third kappa shape index (κ3) is 4.23. The molecule has 0 radical (unpaired) electrons. The summed E-state index contributed by atoms with van der Waals surface area (Å²) in [7, 11) is 1.62. The zero-order valence-electron chi connectivity index (χ0n) is 12.8. The number of benzene rings is 1. The molecule has 6 heteroatoms. The summed E-state index contributed by atoms with van der Waals surface area (Å²) in [6, 6.07) is 3.89. The maximum atomic E-state index is 5.49. The van der Waals surface area contributed by atoms with Crippen LogP contribution in [0.4, 0.5) is 0 Å². The predicted molar refractivity (Wildman–Crippen MR) is 77.9 cm³/mol. The zero-order chi connectivity index (χ0) is 15.1. The molecule has 1 aromatic carbocycles. The Morgan fingerprint density at radius 1 is 1.19 bits per heavy atom. The molecule has 1 N–H and O–H groups in total. The van der Waals surface area contributed by atoms with Crippen LogP contribution in [-0.2, 0) is 16.0 Å². The van der Waals surface area contributed by atoms with Crippen LogP contribution >= 0.6 is 0 Å². The molecule has 0 aliphatic carbocycles. The van der Waals surface area contributed by atoms with Crippen LogP contribution in [0.5, 0.6) is 17.2 Å².